The van der Waals surface area contributed by atoms with Gasteiger partial charge >= 0.3 is 0 Å². The van der Waals surface area contributed by atoms with E-state index in [1.165, 1.54) is 6.42 Å². The maximum atomic E-state index is 6.95. The molecule has 0 N–H and O–H groups in total. The lowest BCUT2D eigenvalue weighted by atomic mass is 9.62. The quantitative estimate of drug-likeness (QED) is 0.393. The molecule has 0 aromatic heterocycles. The maximum absolute atomic E-state index is 6.95. The molecule has 0 aliphatic carbocycles. The van der Waals surface area contributed by atoms with Gasteiger partial charge in [0, 0.05) is 12.3 Å². The average molecular weight is 312 g/mol. The van der Waals surface area contributed by atoms with Gasteiger partial charge in [0.05, 0.1) is 12.5 Å². The fraction of sp³-hybridized carbons (Fsp3) is 0.952. The second-order valence-electron chi connectivity index (χ2n) is 8.33. The summed E-state index contributed by atoms with van der Waals surface area (Å²) in [6.07, 6.45) is 5.45. The van der Waals surface area contributed by atoms with Crippen molar-refractivity contribution in [2.75, 3.05) is 0 Å². The van der Waals surface area contributed by atoms with E-state index in [0.717, 1.165) is 25.7 Å². The second-order valence-corrected chi connectivity index (χ2v) is 8.33. The number of hydrogen-bond donors (Lipinski definition) is 0. The molecule has 0 aromatic rings. The predicted octanol–water partition coefficient (Wildman–Crippen LogP) is 7.05. The van der Waals surface area contributed by atoms with Gasteiger partial charge in [0.25, 0.3) is 0 Å². The Bertz CT molecular complexity index is 319. The van der Waals surface area contributed by atoms with Crippen molar-refractivity contribution in [3.8, 4) is 0 Å². The van der Waals surface area contributed by atoms with E-state index >= 15 is 0 Å². The van der Waals surface area contributed by atoms with Crippen LogP contribution in [-0.2, 0) is 4.74 Å². The van der Waals surface area contributed by atoms with Crippen molar-refractivity contribution in [2.24, 2.45) is 16.7 Å². The minimum absolute atomic E-state index is 0.105. The van der Waals surface area contributed by atoms with Crippen molar-refractivity contribution < 1.29 is 4.74 Å². The zero-order valence-corrected chi connectivity index (χ0v) is 17.2. The van der Waals surface area contributed by atoms with Gasteiger partial charge in [-0.2, -0.15) is 0 Å². The molecule has 0 fully saturated rings. The van der Waals surface area contributed by atoms with Crippen LogP contribution >= 0.6 is 0 Å². The van der Waals surface area contributed by atoms with E-state index in [1.54, 1.807) is 0 Å². The molecule has 0 aliphatic heterocycles. The fourth-order valence-corrected chi connectivity index (χ4v) is 3.95. The molecular formula is C21H43O+. The molecule has 1 heteroatoms. The third-order valence-electron chi connectivity index (χ3n) is 7.42. The first-order valence-electron chi connectivity index (χ1n) is 9.49. The third kappa shape index (κ3) is 3.66. The van der Waals surface area contributed by atoms with E-state index in [9.17, 15) is 0 Å². The molecule has 0 spiro atoms. The van der Waals surface area contributed by atoms with Crippen LogP contribution in [0.3, 0.4) is 0 Å². The Hall–Kier alpha value is -0.170. The smallest absolute Gasteiger partial charge is 0.207 e. The molecule has 0 radical (unpaired) electrons. The van der Waals surface area contributed by atoms with Crippen LogP contribution in [0.4, 0.5) is 0 Å². The van der Waals surface area contributed by atoms with Gasteiger partial charge in [-0.15, -0.1) is 0 Å². The van der Waals surface area contributed by atoms with Gasteiger partial charge in [-0.3, -0.25) is 0 Å². The molecule has 0 saturated heterocycles. The molecule has 0 aliphatic rings. The normalized spacial score (nSPS) is 18.1. The highest BCUT2D eigenvalue weighted by atomic mass is 16.5. The van der Waals surface area contributed by atoms with Crippen LogP contribution in [0, 0.1) is 23.7 Å². The summed E-state index contributed by atoms with van der Waals surface area (Å²) in [5.41, 5.74) is -0.251. The van der Waals surface area contributed by atoms with E-state index in [1.807, 2.05) is 0 Å². The van der Waals surface area contributed by atoms with Crippen LogP contribution < -0.4 is 0 Å². The molecule has 0 amide bonds. The molecule has 0 heterocycles. The summed E-state index contributed by atoms with van der Waals surface area (Å²) in [5, 5.41) is 0. The highest BCUT2D eigenvalue weighted by molar-refractivity contribution is 5.03. The minimum Gasteiger partial charge on any atom is -0.328 e. The Morgan fingerprint density at radius 2 is 1.23 bits per heavy atom. The van der Waals surface area contributed by atoms with Gasteiger partial charge in [-0.25, -0.2) is 0 Å². The maximum Gasteiger partial charge on any atom is 0.207 e. The van der Waals surface area contributed by atoms with Crippen LogP contribution in [0.15, 0.2) is 0 Å². The Morgan fingerprint density at radius 3 is 1.50 bits per heavy atom. The lowest BCUT2D eigenvalue weighted by molar-refractivity contribution is -0.234. The third-order valence-corrected chi connectivity index (χ3v) is 7.42. The monoisotopic (exact) mass is 311 g/mol. The van der Waals surface area contributed by atoms with Crippen LogP contribution in [-0.4, -0.2) is 11.2 Å². The standard InChI is InChI=1S/C21H43O/c1-12-17(6)18(7,8)21(15-4,16-5)22-19(9,10)20(11,13-2)14-3/h17H,9,12-16H2,1-8,10-11H3/q+1. The topological polar surface area (TPSA) is 9.23 Å². The summed E-state index contributed by atoms with van der Waals surface area (Å²) in [6.45, 7) is 27.6. The molecule has 2 atom stereocenters. The lowest BCUT2D eigenvalue weighted by Gasteiger charge is -2.53. The van der Waals surface area contributed by atoms with Gasteiger partial charge in [0.2, 0.25) is 5.60 Å². The van der Waals surface area contributed by atoms with Crippen LogP contribution in [0.25, 0.3) is 0 Å². The van der Waals surface area contributed by atoms with Crippen molar-refractivity contribution in [1.29, 1.82) is 0 Å². The van der Waals surface area contributed by atoms with E-state index in [2.05, 4.69) is 76.2 Å². The van der Waals surface area contributed by atoms with E-state index in [0.29, 0.717) is 5.92 Å². The summed E-state index contributed by atoms with van der Waals surface area (Å²) >= 11 is 0. The zero-order valence-electron chi connectivity index (χ0n) is 17.2. The Kier molecular flexibility index (Phi) is 7.54. The first-order chi connectivity index (χ1) is 9.93. The van der Waals surface area contributed by atoms with Crippen molar-refractivity contribution >= 4 is 0 Å². The SMILES string of the molecule is [CH2+]C(C)(OC(CC)(CC)C(C)(C)C(C)CC)C(C)(CC)CC. The molecule has 0 saturated carbocycles. The van der Waals surface area contributed by atoms with Crippen LogP contribution in [0.5, 0.6) is 0 Å². The molecule has 2 unspecified atom stereocenters. The van der Waals surface area contributed by atoms with E-state index < -0.39 is 0 Å². The fourth-order valence-electron chi connectivity index (χ4n) is 3.95. The Morgan fingerprint density at radius 1 is 0.818 bits per heavy atom. The van der Waals surface area contributed by atoms with Crippen molar-refractivity contribution in [2.45, 2.75) is 113 Å². The highest BCUT2D eigenvalue weighted by Crippen LogP contribution is 2.51. The number of hydrogen-bond acceptors (Lipinski definition) is 1. The number of ether oxygens (including phenoxy) is 1. The molecule has 0 bridgehead atoms. The van der Waals surface area contributed by atoms with Gasteiger partial charge in [0.15, 0.2) is 0 Å². The minimum atomic E-state index is -0.368. The van der Waals surface area contributed by atoms with Crippen molar-refractivity contribution in [1.82, 2.24) is 0 Å². The molecule has 132 valence electrons. The molecule has 22 heavy (non-hydrogen) atoms. The Balaban J connectivity index is 5.80. The molecular weight excluding hydrogens is 268 g/mol. The second kappa shape index (κ2) is 7.60. The Labute approximate surface area is 141 Å². The first-order valence-corrected chi connectivity index (χ1v) is 9.49. The van der Waals surface area contributed by atoms with Gasteiger partial charge in [-0.1, -0.05) is 68.7 Å². The largest absolute Gasteiger partial charge is 0.328 e. The first kappa shape index (κ1) is 21.8. The summed E-state index contributed by atoms with van der Waals surface area (Å²) in [6, 6.07) is 0. The average Bonchev–Trinajstić information content (AvgIpc) is 2.50. The van der Waals surface area contributed by atoms with E-state index in [4.69, 9.17) is 4.74 Å². The van der Waals surface area contributed by atoms with Gasteiger partial charge in [-0.05, 0) is 37.0 Å². The van der Waals surface area contributed by atoms with Crippen molar-refractivity contribution in [3.63, 3.8) is 0 Å². The summed E-state index contributed by atoms with van der Waals surface area (Å²) < 4.78 is 6.95. The van der Waals surface area contributed by atoms with E-state index in [-0.39, 0.29) is 22.0 Å². The number of rotatable bonds is 10. The molecule has 1 nitrogen and oxygen atoms in total. The van der Waals surface area contributed by atoms with Crippen LogP contribution in [0.1, 0.15) is 101 Å². The van der Waals surface area contributed by atoms with Gasteiger partial charge < -0.3 is 4.74 Å². The highest BCUT2D eigenvalue weighted by Gasteiger charge is 2.55. The summed E-state index contributed by atoms with van der Waals surface area (Å²) in [4.78, 5) is 0. The summed E-state index contributed by atoms with van der Waals surface area (Å²) in [5.74, 6) is 0.623. The van der Waals surface area contributed by atoms with Gasteiger partial charge in [0.1, 0.15) is 0 Å². The molecule has 0 aromatic carbocycles. The van der Waals surface area contributed by atoms with Crippen LogP contribution in [0.2, 0.25) is 0 Å². The lowest BCUT2D eigenvalue weighted by Crippen LogP contribution is -2.57. The zero-order chi connectivity index (χ0) is 17.8. The van der Waals surface area contributed by atoms with Crippen molar-refractivity contribution in [3.05, 3.63) is 6.92 Å². The molecule has 0 rings (SSSR count). The predicted molar refractivity (Wildman–Crippen MR) is 100 cm³/mol. The summed E-state index contributed by atoms with van der Waals surface area (Å²) in [7, 11) is 0.